The van der Waals surface area contributed by atoms with Crippen LogP contribution in [0.1, 0.15) is 38.5 Å². The van der Waals surface area contributed by atoms with Gasteiger partial charge >= 0.3 is 5.97 Å². The summed E-state index contributed by atoms with van der Waals surface area (Å²) in [4.78, 5) is 26.3. The molecular weight excluding hydrogens is 468 g/mol. The van der Waals surface area contributed by atoms with Crippen molar-refractivity contribution in [1.82, 2.24) is 9.21 Å². The largest absolute Gasteiger partial charge is 0.497 e. The number of sulfonamides is 1. The number of aliphatic carboxylic acids is 1. The summed E-state index contributed by atoms with van der Waals surface area (Å²) in [5.74, 6) is -0.553. The van der Waals surface area contributed by atoms with E-state index in [1.54, 1.807) is 19.2 Å². The first kappa shape index (κ1) is 25.2. The Balaban J connectivity index is 1.48. The molecule has 1 saturated carbocycles. The molecule has 188 valence electrons. The molecule has 4 rings (SSSR count). The summed E-state index contributed by atoms with van der Waals surface area (Å²) < 4.78 is 32.9. The molecule has 1 saturated heterocycles. The molecule has 2 aromatic carbocycles. The maximum Gasteiger partial charge on any atom is 0.322 e. The number of likely N-dealkylation sites (N-methyl/N-ethyl adjacent to an activating group) is 1. The van der Waals surface area contributed by atoms with Crippen molar-refractivity contribution in [3.63, 3.8) is 0 Å². The van der Waals surface area contributed by atoms with Crippen molar-refractivity contribution in [3.05, 3.63) is 48.5 Å². The maximum atomic E-state index is 13.4. The normalized spacial score (nSPS) is 21.8. The fourth-order valence-corrected chi connectivity index (χ4v) is 6.73. The third-order valence-electron chi connectivity index (χ3n) is 7.34. The van der Waals surface area contributed by atoms with Gasteiger partial charge in [-0.2, -0.15) is 4.31 Å². The molecule has 1 amide bonds. The number of likely N-dealkylation sites (tertiary alicyclic amines) is 1. The first-order valence-corrected chi connectivity index (χ1v) is 13.4. The second-order valence-corrected chi connectivity index (χ2v) is 11.3. The Labute approximate surface area is 206 Å². The van der Waals surface area contributed by atoms with Crippen LogP contribution in [-0.4, -0.2) is 67.4 Å². The Hall–Kier alpha value is -2.91. The Morgan fingerprint density at radius 3 is 2.09 bits per heavy atom. The highest BCUT2D eigenvalue weighted by Gasteiger charge is 2.41. The van der Waals surface area contributed by atoms with Gasteiger partial charge in [-0.05, 0) is 73.4 Å². The molecular formula is C26H32N2O6S. The van der Waals surface area contributed by atoms with Crippen LogP contribution >= 0.6 is 0 Å². The molecule has 0 spiro atoms. The van der Waals surface area contributed by atoms with Gasteiger partial charge in [0, 0.05) is 26.1 Å². The van der Waals surface area contributed by atoms with E-state index in [0.717, 1.165) is 34.1 Å². The number of benzene rings is 2. The fourth-order valence-electron chi connectivity index (χ4n) is 5.36. The standard InChI is InChI=1S/C26H32N2O6S/c1-27(25(26(30)31)20-5-11-21(12-6-20)28-17-3-4-24(28)29)35(32,33)23-15-9-19(10-16-23)18-7-13-22(34-2)14-8-18/h7-10,13-16,20-21,25H,3-6,11-12,17H2,1-2H3,(H,30,31). The van der Waals surface area contributed by atoms with E-state index >= 15 is 0 Å². The molecule has 35 heavy (non-hydrogen) atoms. The van der Waals surface area contributed by atoms with Crippen molar-refractivity contribution in [2.75, 3.05) is 20.7 Å². The van der Waals surface area contributed by atoms with Gasteiger partial charge in [0.2, 0.25) is 15.9 Å². The van der Waals surface area contributed by atoms with Gasteiger partial charge in [-0.25, -0.2) is 8.42 Å². The van der Waals surface area contributed by atoms with E-state index in [-0.39, 0.29) is 22.8 Å². The van der Waals surface area contributed by atoms with Crippen molar-refractivity contribution in [3.8, 4) is 16.9 Å². The number of ether oxygens (including phenoxy) is 1. The average molecular weight is 501 g/mol. The number of amides is 1. The van der Waals surface area contributed by atoms with Crippen LogP contribution in [0, 0.1) is 5.92 Å². The molecule has 1 aliphatic heterocycles. The monoisotopic (exact) mass is 500 g/mol. The summed E-state index contributed by atoms with van der Waals surface area (Å²) in [6.45, 7) is 0.761. The number of nitrogens with zero attached hydrogens (tertiary/aromatic N) is 2. The van der Waals surface area contributed by atoms with Crippen molar-refractivity contribution in [2.24, 2.45) is 5.92 Å². The van der Waals surface area contributed by atoms with E-state index < -0.39 is 22.0 Å². The maximum absolute atomic E-state index is 13.4. The third-order valence-corrected chi connectivity index (χ3v) is 9.19. The highest BCUT2D eigenvalue weighted by molar-refractivity contribution is 7.89. The minimum absolute atomic E-state index is 0.0554. The first-order valence-electron chi connectivity index (χ1n) is 12.0. The number of methoxy groups -OCH3 is 1. The van der Waals surface area contributed by atoms with Crippen molar-refractivity contribution in [1.29, 1.82) is 0 Å². The summed E-state index contributed by atoms with van der Waals surface area (Å²) in [5.41, 5.74) is 1.76. The lowest BCUT2D eigenvalue weighted by Crippen LogP contribution is -2.49. The highest BCUT2D eigenvalue weighted by atomic mass is 32.2. The van der Waals surface area contributed by atoms with E-state index in [1.165, 1.54) is 19.2 Å². The predicted molar refractivity (Wildman–Crippen MR) is 131 cm³/mol. The second-order valence-electron chi connectivity index (χ2n) is 9.32. The van der Waals surface area contributed by atoms with E-state index in [4.69, 9.17) is 4.74 Å². The summed E-state index contributed by atoms with van der Waals surface area (Å²) >= 11 is 0. The zero-order valence-corrected chi connectivity index (χ0v) is 20.9. The summed E-state index contributed by atoms with van der Waals surface area (Å²) in [7, 11) is -1.07. The molecule has 0 radical (unpaired) electrons. The highest BCUT2D eigenvalue weighted by Crippen LogP contribution is 2.35. The second kappa shape index (κ2) is 10.4. The molecule has 1 N–H and O–H groups in total. The molecule has 1 heterocycles. The first-order chi connectivity index (χ1) is 16.7. The summed E-state index contributed by atoms with van der Waals surface area (Å²) in [6, 6.07) is 12.9. The Morgan fingerprint density at radius 2 is 1.60 bits per heavy atom. The quantitative estimate of drug-likeness (QED) is 0.594. The Bertz CT molecular complexity index is 1160. The number of rotatable bonds is 8. The van der Waals surface area contributed by atoms with E-state index in [1.807, 2.05) is 29.2 Å². The lowest BCUT2D eigenvalue weighted by atomic mass is 9.81. The van der Waals surface area contributed by atoms with Crippen LogP contribution in [-0.2, 0) is 19.6 Å². The van der Waals surface area contributed by atoms with Crippen LogP contribution in [0.25, 0.3) is 11.1 Å². The van der Waals surface area contributed by atoms with Gasteiger partial charge in [-0.3, -0.25) is 9.59 Å². The van der Waals surface area contributed by atoms with Gasteiger partial charge in [-0.15, -0.1) is 0 Å². The van der Waals surface area contributed by atoms with Crippen LogP contribution in [0.2, 0.25) is 0 Å². The van der Waals surface area contributed by atoms with Gasteiger partial charge in [0.05, 0.1) is 12.0 Å². The molecule has 2 aliphatic rings. The van der Waals surface area contributed by atoms with Crippen molar-refractivity contribution in [2.45, 2.75) is 55.5 Å². The Morgan fingerprint density at radius 1 is 1.03 bits per heavy atom. The SMILES string of the molecule is COc1ccc(-c2ccc(S(=O)(=O)N(C)C(C(=O)O)C3CCC(N4CCCC4=O)CC3)cc2)cc1. The molecule has 8 nitrogen and oxygen atoms in total. The molecule has 2 aromatic rings. The van der Waals surface area contributed by atoms with E-state index in [0.29, 0.717) is 32.1 Å². The number of carbonyl (C=O) groups is 2. The Kier molecular flexibility index (Phi) is 7.47. The van der Waals surface area contributed by atoms with Gasteiger partial charge < -0.3 is 14.7 Å². The topological polar surface area (TPSA) is 104 Å². The number of carbonyl (C=O) groups excluding carboxylic acids is 1. The zero-order valence-electron chi connectivity index (χ0n) is 20.1. The molecule has 1 unspecified atom stereocenters. The van der Waals surface area contributed by atoms with Crippen LogP contribution in [0.5, 0.6) is 5.75 Å². The fraction of sp³-hybridized carbons (Fsp3) is 0.462. The lowest BCUT2D eigenvalue weighted by molar-refractivity contribution is -0.144. The summed E-state index contributed by atoms with van der Waals surface area (Å²) in [5, 5.41) is 9.98. The number of hydrogen-bond acceptors (Lipinski definition) is 5. The van der Waals surface area contributed by atoms with Crippen LogP contribution in [0.3, 0.4) is 0 Å². The zero-order chi connectivity index (χ0) is 25.2. The van der Waals surface area contributed by atoms with E-state index in [2.05, 4.69) is 0 Å². The molecule has 0 aromatic heterocycles. The molecule has 2 fully saturated rings. The lowest BCUT2D eigenvalue weighted by Gasteiger charge is -2.38. The smallest absolute Gasteiger partial charge is 0.322 e. The number of carboxylic acids is 1. The summed E-state index contributed by atoms with van der Waals surface area (Å²) in [6.07, 6.45) is 3.99. The van der Waals surface area contributed by atoms with Gasteiger partial charge in [0.25, 0.3) is 0 Å². The van der Waals surface area contributed by atoms with Gasteiger partial charge in [-0.1, -0.05) is 24.3 Å². The minimum atomic E-state index is -4.01. The van der Waals surface area contributed by atoms with Crippen molar-refractivity contribution < 1.29 is 27.9 Å². The van der Waals surface area contributed by atoms with Crippen LogP contribution < -0.4 is 4.74 Å². The number of hydrogen-bond donors (Lipinski definition) is 1. The van der Waals surface area contributed by atoms with Crippen LogP contribution in [0.4, 0.5) is 0 Å². The van der Waals surface area contributed by atoms with Crippen molar-refractivity contribution >= 4 is 21.9 Å². The van der Waals surface area contributed by atoms with Gasteiger partial charge in [0.15, 0.2) is 0 Å². The average Bonchev–Trinajstić information content (AvgIpc) is 3.30. The molecule has 1 atom stereocenters. The minimum Gasteiger partial charge on any atom is -0.497 e. The van der Waals surface area contributed by atoms with Gasteiger partial charge in [0.1, 0.15) is 11.8 Å². The third kappa shape index (κ3) is 5.21. The predicted octanol–water partition coefficient (Wildman–Crippen LogP) is 3.62. The van der Waals surface area contributed by atoms with E-state index in [9.17, 15) is 23.1 Å². The molecule has 0 bridgehead atoms. The number of carboxylic acid groups (broad SMARTS) is 1. The van der Waals surface area contributed by atoms with Crippen LogP contribution in [0.15, 0.2) is 53.4 Å². The molecule has 9 heteroatoms. The molecule has 1 aliphatic carbocycles.